The number of nitrogens with zero attached hydrogens (tertiary/aromatic N) is 1. The van der Waals surface area contributed by atoms with Crippen molar-refractivity contribution >= 4 is 5.69 Å². The van der Waals surface area contributed by atoms with Gasteiger partial charge in [0.25, 0.3) is 0 Å². The van der Waals surface area contributed by atoms with Gasteiger partial charge >= 0.3 is 5.69 Å². The third-order valence-corrected chi connectivity index (χ3v) is 5.31. The van der Waals surface area contributed by atoms with E-state index in [2.05, 4.69) is 0 Å². The van der Waals surface area contributed by atoms with Crippen molar-refractivity contribution in [1.29, 1.82) is 0 Å². The Hall–Kier alpha value is -2.72. The summed E-state index contributed by atoms with van der Waals surface area (Å²) >= 11 is 0. The molecule has 176 valence electrons. The predicted molar refractivity (Wildman–Crippen MR) is 118 cm³/mol. The first-order valence-corrected chi connectivity index (χ1v) is 10.2. The molecule has 0 aliphatic rings. The van der Waals surface area contributed by atoms with Gasteiger partial charge in [-0.25, -0.2) is 0 Å². The summed E-state index contributed by atoms with van der Waals surface area (Å²) in [5, 5.41) is 32.0. The van der Waals surface area contributed by atoms with E-state index in [1.54, 1.807) is 6.07 Å². The summed E-state index contributed by atoms with van der Waals surface area (Å²) < 4.78 is 21.9. The highest BCUT2D eigenvalue weighted by Crippen LogP contribution is 2.42. The van der Waals surface area contributed by atoms with Crippen molar-refractivity contribution in [3.05, 3.63) is 63.7 Å². The average Bonchev–Trinajstić information content (AvgIpc) is 2.79. The Balaban J connectivity index is 2.20. The Morgan fingerprint density at radius 2 is 1.78 bits per heavy atom. The minimum Gasteiger partial charge on any atom is -0.496 e. The minimum absolute atomic E-state index is 0.0722. The Labute approximate surface area is 187 Å². The third-order valence-electron chi connectivity index (χ3n) is 5.31. The molecular weight excluding hydrogens is 418 g/mol. The van der Waals surface area contributed by atoms with Crippen LogP contribution in [0, 0.1) is 16.0 Å². The van der Waals surface area contributed by atoms with Crippen LogP contribution >= 0.6 is 0 Å². The highest BCUT2D eigenvalue weighted by atomic mass is 16.6. The maximum absolute atomic E-state index is 11.5. The lowest BCUT2D eigenvalue weighted by Crippen LogP contribution is -2.34. The highest BCUT2D eigenvalue weighted by Gasteiger charge is 2.32. The normalized spacial score (nSPS) is 14.9. The number of methoxy groups -OCH3 is 3. The number of hydrogen-bond donors (Lipinski definition) is 2. The topological polar surface area (TPSA) is 121 Å². The monoisotopic (exact) mass is 449 g/mol. The van der Waals surface area contributed by atoms with Crippen molar-refractivity contribution in [3.8, 4) is 11.5 Å². The fourth-order valence-corrected chi connectivity index (χ4v) is 3.68. The summed E-state index contributed by atoms with van der Waals surface area (Å²) in [4.78, 5) is 11.0. The van der Waals surface area contributed by atoms with Crippen LogP contribution in [-0.4, -0.2) is 55.3 Å². The molecule has 0 saturated heterocycles. The second-order valence-corrected chi connectivity index (χ2v) is 7.48. The Morgan fingerprint density at radius 3 is 2.31 bits per heavy atom. The van der Waals surface area contributed by atoms with Crippen molar-refractivity contribution in [3.63, 3.8) is 0 Å². The molecule has 2 rings (SSSR count). The SMILES string of the molecule is COc1cc([C@H](OC)[C@@H](C)C[C@H](O)[C@H](CO)OCc2ccccc2)c(OC)c([N+](=O)[O-])c1. The fraction of sp³-hybridized carbons (Fsp3) is 0.478. The molecule has 32 heavy (non-hydrogen) atoms. The second-order valence-electron chi connectivity index (χ2n) is 7.48. The van der Waals surface area contributed by atoms with E-state index in [0.717, 1.165) is 5.56 Å². The molecule has 0 bridgehead atoms. The van der Waals surface area contributed by atoms with Gasteiger partial charge in [-0.2, -0.15) is 0 Å². The largest absolute Gasteiger partial charge is 0.496 e. The first kappa shape index (κ1) is 25.5. The van der Waals surface area contributed by atoms with E-state index in [-0.39, 0.29) is 37.0 Å². The van der Waals surface area contributed by atoms with Crippen LogP contribution in [0.4, 0.5) is 5.69 Å². The number of nitro groups is 1. The van der Waals surface area contributed by atoms with E-state index >= 15 is 0 Å². The number of ether oxygens (including phenoxy) is 4. The highest BCUT2D eigenvalue weighted by molar-refractivity contribution is 5.57. The lowest BCUT2D eigenvalue weighted by atomic mass is 9.89. The Morgan fingerprint density at radius 1 is 1.09 bits per heavy atom. The third kappa shape index (κ3) is 6.39. The van der Waals surface area contributed by atoms with Crippen LogP contribution < -0.4 is 9.47 Å². The molecule has 2 N–H and O–H groups in total. The molecule has 0 fully saturated rings. The van der Waals surface area contributed by atoms with E-state index in [4.69, 9.17) is 18.9 Å². The van der Waals surface area contributed by atoms with Crippen LogP contribution in [0.1, 0.15) is 30.6 Å². The molecule has 0 radical (unpaired) electrons. The molecule has 0 spiro atoms. The van der Waals surface area contributed by atoms with Crippen LogP contribution in [0.25, 0.3) is 0 Å². The standard InChI is InChI=1S/C23H31NO8/c1-15(10-20(26)21(13-25)32-14-16-8-6-5-7-9-16)22(30-3)18-11-17(29-2)12-19(24(27)28)23(18)31-4/h5-9,11-12,15,20-22,25-26H,10,13-14H2,1-4H3/t15-,20-,21-,22+/m0/s1. The summed E-state index contributed by atoms with van der Waals surface area (Å²) in [7, 11) is 4.25. The molecule has 2 aromatic rings. The van der Waals surface area contributed by atoms with Crippen molar-refractivity contribution in [2.75, 3.05) is 27.9 Å². The first-order chi connectivity index (χ1) is 15.4. The van der Waals surface area contributed by atoms with Crippen LogP contribution in [0.15, 0.2) is 42.5 Å². The van der Waals surface area contributed by atoms with Crippen LogP contribution in [0.2, 0.25) is 0 Å². The van der Waals surface area contributed by atoms with Crippen LogP contribution in [-0.2, 0) is 16.1 Å². The zero-order valence-electron chi connectivity index (χ0n) is 18.8. The first-order valence-electron chi connectivity index (χ1n) is 10.2. The minimum atomic E-state index is -0.983. The Kier molecular flexibility index (Phi) is 9.86. The van der Waals surface area contributed by atoms with E-state index in [0.29, 0.717) is 11.3 Å². The molecule has 0 amide bonds. The molecule has 9 nitrogen and oxygen atoms in total. The van der Waals surface area contributed by atoms with E-state index in [1.165, 1.54) is 27.4 Å². The maximum Gasteiger partial charge on any atom is 0.315 e. The maximum atomic E-state index is 11.5. The number of aliphatic hydroxyl groups is 2. The molecular formula is C23H31NO8. The zero-order chi connectivity index (χ0) is 23.7. The number of aliphatic hydroxyl groups excluding tert-OH is 2. The van der Waals surface area contributed by atoms with Gasteiger partial charge < -0.3 is 29.2 Å². The summed E-state index contributed by atoms with van der Waals surface area (Å²) in [5.41, 5.74) is 1.12. The lowest BCUT2D eigenvalue weighted by molar-refractivity contribution is -0.385. The molecule has 4 atom stereocenters. The molecule has 0 saturated carbocycles. The average molecular weight is 450 g/mol. The zero-order valence-corrected chi connectivity index (χ0v) is 18.8. The second kappa shape index (κ2) is 12.4. The molecule has 9 heteroatoms. The van der Waals surface area contributed by atoms with E-state index in [1.807, 2.05) is 37.3 Å². The smallest absolute Gasteiger partial charge is 0.315 e. The van der Waals surface area contributed by atoms with Crippen LogP contribution in [0.3, 0.4) is 0 Å². The number of benzene rings is 2. The van der Waals surface area contributed by atoms with Gasteiger partial charge in [-0.3, -0.25) is 10.1 Å². The quantitative estimate of drug-likeness (QED) is 0.353. The van der Waals surface area contributed by atoms with Crippen molar-refractivity contribution in [2.45, 2.75) is 38.3 Å². The lowest BCUT2D eigenvalue weighted by Gasteiger charge is -2.29. The van der Waals surface area contributed by atoms with Gasteiger partial charge in [0.15, 0.2) is 0 Å². The summed E-state index contributed by atoms with van der Waals surface area (Å²) in [6, 6.07) is 12.4. The fourth-order valence-electron chi connectivity index (χ4n) is 3.68. The van der Waals surface area contributed by atoms with Crippen molar-refractivity contribution in [1.82, 2.24) is 0 Å². The summed E-state index contributed by atoms with van der Waals surface area (Å²) in [6.45, 7) is 1.74. The number of rotatable bonds is 13. The van der Waals surface area contributed by atoms with Gasteiger partial charge in [0.05, 0.1) is 50.6 Å². The van der Waals surface area contributed by atoms with Crippen molar-refractivity contribution < 1.29 is 34.1 Å². The predicted octanol–water partition coefficient (Wildman–Crippen LogP) is 3.26. The summed E-state index contributed by atoms with van der Waals surface area (Å²) in [6.07, 6.45) is -2.20. The number of hydrogen-bond acceptors (Lipinski definition) is 8. The van der Waals surface area contributed by atoms with Gasteiger partial charge in [0.1, 0.15) is 11.9 Å². The Bertz CT molecular complexity index is 861. The molecule has 2 aromatic carbocycles. The van der Waals surface area contributed by atoms with Crippen LogP contribution in [0.5, 0.6) is 11.5 Å². The molecule has 0 unspecified atom stereocenters. The van der Waals surface area contributed by atoms with Gasteiger partial charge in [-0.05, 0) is 24.0 Å². The van der Waals surface area contributed by atoms with E-state index < -0.39 is 23.2 Å². The van der Waals surface area contributed by atoms with Gasteiger partial charge in [-0.1, -0.05) is 37.3 Å². The van der Waals surface area contributed by atoms with E-state index in [9.17, 15) is 20.3 Å². The van der Waals surface area contributed by atoms with Crippen molar-refractivity contribution in [2.24, 2.45) is 5.92 Å². The molecule has 0 heterocycles. The molecule has 0 aromatic heterocycles. The molecule has 0 aliphatic heterocycles. The summed E-state index contributed by atoms with van der Waals surface area (Å²) in [5.74, 6) is 0.0646. The van der Waals surface area contributed by atoms with Gasteiger partial charge in [0, 0.05) is 12.7 Å². The van der Waals surface area contributed by atoms with Gasteiger partial charge in [0.2, 0.25) is 5.75 Å². The number of nitro benzene ring substituents is 1. The molecule has 0 aliphatic carbocycles. The van der Waals surface area contributed by atoms with Gasteiger partial charge in [-0.15, -0.1) is 0 Å².